The molecule has 2 heterocycles. The first-order valence-electron chi connectivity index (χ1n) is 6.97. The Morgan fingerprint density at radius 3 is 2.76 bits per heavy atom. The van der Waals surface area contributed by atoms with E-state index in [1.807, 2.05) is 24.4 Å². The molecule has 0 radical (unpaired) electrons. The molecule has 2 aromatic rings. The zero-order chi connectivity index (χ0) is 15.1. The standard InChI is InChI=1S/C15H21N3O3/c1-20-10-5-7-17(9-11-21-2)15-13(12-19)18-8-4-3-6-14(18)16-15/h3-4,6,8,12H,5,7,9-11H2,1-2H3. The third-order valence-electron chi connectivity index (χ3n) is 3.30. The van der Waals surface area contributed by atoms with Gasteiger partial charge in [0.25, 0.3) is 0 Å². The van der Waals surface area contributed by atoms with Gasteiger partial charge in [-0.05, 0) is 18.6 Å². The lowest BCUT2D eigenvalue weighted by atomic mass is 10.3. The Labute approximate surface area is 124 Å². The number of hydrogen-bond donors (Lipinski definition) is 0. The van der Waals surface area contributed by atoms with Gasteiger partial charge in [-0.2, -0.15) is 0 Å². The number of methoxy groups -OCH3 is 2. The maximum atomic E-state index is 11.5. The molecule has 0 atom stereocenters. The van der Waals surface area contributed by atoms with Gasteiger partial charge in [-0.15, -0.1) is 0 Å². The molecule has 0 saturated heterocycles. The summed E-state index contributed by atoms with van der Waals surface area (Å²) in [5.41, 5.74) is 1.34. The highest BCUT2D eigenvalue weighted by Gasteiger charge is 2.17. The number of nitrogens with zero attached hydrogens (tertiary/aromatic N) is 3. The average molecular weight is 291 g/mol. The zero-order valence-electron chi connectivity index (χ0n) is 12.5. The van der Waals surface area contributed by atoms with Gasteiger partial charge in [-0.1, -0.05) is 6.07 Å². The summed E-state index contributed by atoms with van der Waals surface area (Å²) in [6, 6.07) is 5.68. The minimum Gasteiger partial charge on any atom is -0.385 e. The molecule has 0 spiro atoms. The monoisotopic (exact) mass is 291 g/mol. The van der Waals surface area contributed by atoms with Crippen molar-refractivity contribution in [3.05, 3.63) is 30.1 Å². The topological polar surface area (TPSA) is 56.1 Å². The van der Waals surface area contributed by atoms with E-state index in [-0.39, 0.29) is 0 Å². The van der Waals surface area contributed by atoms with Crippen molar-refractivity contribution < 1.29 is 14.3 Å². The van der Waals surface area contributed by atoms with Crippen molar-refractivity contribution in [3.63, 3.8) is 0 Å². The first-order valence-corrected chi connectivity index (χ1v) is 6.97. The number of anilines is 1. The van der Waals surface area contributed by atoms with Gasteiger partial charge in [0.1, 0.15) is 11.3 Å². The molecule has 0 amide bonds. The van der Waals surface area contributed by atoms with E-state index >= 15 is 0 Å². The summed E-state index contributed by atoms with van der Waals surface area (Å²) >= 11 is 0. The summed E-state index contributed by atoms with van der Waals surface area (Å²) < 4.78 is 12.1. The van der Waals surface area contributed by atoms with Gasteiger partial charge in [0.2, 0.25) is 0 Å². The Kier molecular flexibility index (Phi) is 5.71. The van der Waals surface area contributed by atoms with E-state index in [1.165, 1.54) is 0 Å². The van der Waals surface area contributed by atoms with E-state index in [2.05, 4.69) is 9.88 Å². The summed E-state index contributed by atoms with van der Waals surface area (Å²) in [4.78, 5) is 18.1. The number of rotatable bonds is 9. The van der Waals surface area contributed by atoms with Crippen molar-refractivity contribution in [1.29, 1.82) is 0 Å². The lowest BCUT2D eigenvalue weighted by Gasteiger charge is -2.22. The molecule has 0 aromatic carbocycles. The van der Waals surface area contributed by atoms with Crippen LogP contribution in [-0.4, -0.2) is 56.2 Å². The predicted molar refractivity (Wildman–Crippen MR) is 81.2 cm³/mol. The Bertz CT molecular complexity index is 583. The van der Waals surface area contributed by atoms with Crippen LogP contribution >= 0.6 is 0 Å². The number of fused-ring (bicyclic) bond motifs is 1. The average Bonchev–Trinajstić information content (AvgIpc) is 2.89. The Hall–Kier alpha value is -1.92. The fourth-order valence-corrected chi connectivity index (χ4v) is 2.27. The highest BCUT2D eigenvalue weighted by molar-refractivity contribution is 5.83. The van der Waals surface area contributed by atoms with Gasteiger partial charge in [-0.3, -0.25) is 9.20 Å². The maximum Gasteiger partial charge on any atom is 0.170 e. The molecule has 0 aliphatic carbocycles. The number of carbonyl (C=O) groups is 1. The first kappa shape index (κ1) is 15.5. The van der Waals surface area contributed by atoms with Crippen molar-refractivity contribution in [2.75, 3.05) is 45.4 Å². The lowest BCUT2D eigenvalue weighted by Crippen LogP contribution is -2.30. The molecule has 0 aliphatic rings. The Morgan fingerprint density at radius 2 is 2.05 bits per heavy atom. The first-order chi connectivity index (χ1) is 10.3. The molecule has 0 N–H and O–H groups in total. The number of carbonyl (C=O) groups excluding carboxylic acids is 1. The van der Waals surface area contributed by atoms with E-state index < -0.39 is 0 Å². The molecule has 21 heavy (non-hydrogen) atoms. The maximum absolute atomic E-state index is 11.5. The van der Waals surface area contributed by atoms with Gasteiger partial charge in [0, 0.05) is 40.1 Å². The van der Waals surface area contributed by atoms with Gasteiger partial charge < -0.3 is 14.4 Å². The molecule has 6 nitrogen and oxygen atoms in total. The fraction of sp³-hybridized carbons (Fsp3) is 0.467. The zero-order valence-corrected chi connectivity index (χ0v) is 12.5. The highest BCUT2D eigenvalue weighted by atomic mass is 16.5. The second-order valence-corrected chi connectivity index (χ2v) is 4.69. The molecule has 2 rings (SSSR count). The minimum absolute atomic E-state index is 0.569. The van der Waals surface area contributed by atoms with Crippen LogP contribution < -0.4 is 4.90 Å². The van der Waals surface area contributed by atoms with Gasteiger partial charge in [0.05, 0.1) is 6.61 Å². The van der Waals surface area contributed by atoms with Crippen LogP contribution in [0.1, 0.15) is 16.9 Å². The van der Waals surface area contributed by atoms with Gasteiger partial charge in [-0.25, -0.2) is 4.98 Å². The summed E-state index contributed by atoms with van der Waals surface area (Å²) in [7, 11) is 3.35. The van der Waals surface area contributed by atoms with E-state index in [0.717, 1.165) is 24.9 Å². The van der Waals surface area contributed by atoms with Crippen molar-refractivity contribution in [2.24, 2.45) is 0 Å². The third-order valence-corrected chi connectivity index (χ3v) is 3.30. The van der Waals surface area contributed by atoms with E-state index in [9.17, 15) is 4.79 Å². The van der Waals surface area contributed by atoms with E-state index in [0.29, 0.717) is 31.3 Å². The van der Waals surface area contributed by atoms with Crippen LogP contribution in [0, 0.1) is 0 Å². The van der Waals surface area contributed by atoms with Gasteiger partial charge >= 0.3 is 0 Å². The molecular formula is C15H21N3O3. The van der Waals surface area contributed by atoms with Crippen molar-refractivity contribution in [2.45, 2.75) is 6.42 Å². The van der Waals surface area contributed by atoms with Crippen LogP contribution in [0.3, 0.4) is 0 Å². The summed E-state index contributed by atoms with van der Waals surface area (Å²) in [5.74, 6) is 0.698. The number of aromatic nitrogens is 2. The van der Waals surface area contributed by atoms with Gasteiger partial charge in [0.15, 0.2) is 12.1 Å². The molecule has 2 aromatic heterocycles. The van der Waals surface area contributed by atoms with Crippen LogP contribution in [0.25, 0.3) is 5.65 Å². The normalized spacial score (nSPS) is 11.0. The quantitative estimate of drug-likeness (QED) is 0.519. The number of ether oxygens (including phenoxy) is 2. The van der Waals surface area contributed by atoms with Crippen molar-refractivity contribution in [3.8, 4) is 0 Å². The molecule has 0 unspecified atom stereocenters. The second-order valence-electron chi connectivity index (χ2n) is 4.69. The summed E-state index contributed by atoms with van der Waals surface area (Å²) in [5, 5.41) is 0. The summed E-state index contributed by atoms with van der Waals surface area (Å²) in [6.45, 7) is 2.71. The van der Waals surface area contributed by atoms with E-state index in [1.54, 1.807) is 18.6 Å². The highest BCUT2D eigenvalue weighted by Crippen LogP contribution is 2.20. The van der Waals surface area contributed by atoms with Crippen LogP contribution in [0.5, 0.6) is 0 Å². The molecule has 0 aliphatic heterocycles. The molecular weight excluding hydrogens is 270 g/mol. The smallest absolute Gasteiger partial charge is 0.170 e. The Balaban J connectivity index is 2.30. The van der Waals surface area contributed by atoms with Crippen molar-refractivity contribution in [1.82, 2.24) is 9.38 Å². The molecule has 0 fully saturated rings. The van der Waals surface area contributed by atoms with Crippen LogP contribution in [0.2, 0.25) is 0 Å². The molecule has 114 valence electrons. The fourth-order valence-electron chi connectivity index (χ4n) is 2.27. The lowest BCUT2D eigenvalue weighted by molar-refractivity contribution is 0.111. The third kappa shape index (κ3) is 3.59. The van der Waals surface area contributed by atoms with Crippen LogP contribution in [0.15, 0.2) is 24.4 Å². The summed E-state index contributed by atoms with van der Waals surface area (Å²) in [6.07, 6.45) is 3.57. The van der Waals surface area contributed by atoms with Crippen LogP contribution in [-0.2, 0) is 9.47 Å². The minimum atomic E-state index is 0.569. The molecule has 0 bridgehead atoms. The number of aldehydes is 1. The molecule has 6 heteroatoms. The van der Waals surface area contributed by atoms with Crippen molar-refractivity contribution >= 4 is 17.8 Å². The second kappa shape index (κ2) is 7.75. The number of pyridine rings is 1. The van der Waals surface area contributed by atoms with Crippen LogP contribution in [0.4, 0.5) is 5.82 Å². The number of imidazole rings is 1. The predicted octanol–water partition coefficient (Wildman–Crippen LogP) is 1.64. The SMILES string of the molecule is COCCCN(CCOC)c1nc2ccccn2c1C=O. The Morgan fingerprint density at radius 1 is 1.24 bits per heavy atom. The molecule has 0 saturated carbocycles. The largest absolute Gasteiger partial charge is 0.385 e. The number of hydrogen-bond acceptors (Lipinski definition) is 5. The van der Waals surface area contributed by atoms with E-state index in [4.69, 9.17) is 9.47 Å².